The number of unbranched alkanes of at least 4 members (excludes halogenated alkanes) is 30. The van der Waals surface area contributed by atoms with Gasteiger partial charge in [-0.05, 0) is 19.3 Å². The highest BCUT2D eigenvalue weighted by atomic mass is 31.2. The smallest absolute Gasteiger partial charge is 0.393 e. The summed E-state index contributed by atoms with van der Waals surface area (Å²) < 4.78 is 22.9. The summed E-state index contributed by atoms with van der Waals surface area (Å²) >= 11 is 0. The van der Waals surface area contributed by atoms with Crippen molar-refractivity contribution in [1.82, 2.24) is 5.32 Å². The molecule has 0 aliphatic heterocycles. The molecule has 1 aliphatic rings. The van der Waals surface area contributed by atoms with Gasteiger partial charge in [0.05, 0.1) is 31.3 Å². The molecule has 1 saturated carbocycles. The van der Waals surface area contributed by atoms with Gasteiger partial charge >= 0.3 is 7.82 Å². The van der Waals surface area contributed by atoms with Crippen LogP contribution in [-0.2, 0) is 18.4 Å². The van der Waals surface area contributed by atoms with Crippen LogP contribution in [0, 0.1) is 0 Å². The van der Waals surface area contributed by atoms with Crippen molar-refractivity contribution in [1.29, 1.82) is 0 Å². The third-order valence-corrected chi connectivity index (χ3v) is 13.6. The zero-order valence-corrected chi connectivity index (χ0v) is 40.7. The van der Waals surface area contributed by atoms with E-state index >= 15 is 0 Å². The fraction of sp³-hybridized carbons (Fsp3) is 0.939. The van der Waals surface area contributed by atoms with Crippen molar-refractivity contribution >= 4 is 13.7 Å². The Hall–Kier alpha value is -0.960. The summed E-state index contributed by atoms with van der Waals surface area (Å²) in [5.74, 6) is -0.588. The first kappa shape index (κ1) is 60.1. The third kappa shape index (κ3) is 30.9. The van der Waals surface area contributed by atoms with Crippen LogP contribution in [0.15, 0.2) is 12.2 Å². The van der Waals surface area contributed by atoms with Crippen LogP contribution in [0.2, 0.25) is 0 Å². The minimum atomic E-state index is -5.14. The first-order valence-corrected chi connectivity index (χ1v) is 27.2. The van der Waals surface area contributed by atoms with Crippen molar-refractivity contribution in [3.05, 3.63) is 12.2 Å². The molecule has 8 unspecified atom stereocenters. The summed E-state index contributed by atoms with van der Waals surface area (Å²) in [6, 6.07) is -1.24. The van der Waals surface area contributed by atoms with E-state index in [1.807, 2.05) is 0 Å². The predicted molar refractivity (Wildman–Crippen MR) is 252 cm³/mol. The lowest BCUT2D eigenvalue weighted by atomic mass is 9.85. The fourth-order valence-electron chi connectivity index (χ4n) is 8.42. The molecule has 0 aromatic heterocycles. The number of aliphatic hydroxyl groups excluding tert-OH is 7. The molecule has 0 radical (unpaired) electrons. The van der Waals surface area contributed by atoms with E-state index < -0.39 is 75.2 Å². The van der Waals surface area contributed by atoms with Crippen LogP contribution in [0.4, 0.5) is 0 Å². The van der Waals surface area contributed by atoms with Gasteiger partial charge in [0.1, 0.15) is 36.6 Å². The van der Waals surface area contributed by atoms with E-state index in [9.17, 15) is 50.0 Å². The zero-order valence-electron chi connectivity index (χ0n) is 39.8. The molecule has 14 heteroatoms. The molecule has 9 N–H and O–H groups in total. The minimum absolute atomic E-state index is 0.239. The molecule has 0 bridgehead atoms. The van der Waals surface area contributed by atoms with E-state index in [0.717, 1.165) is 44.9 Å². The molecule has 0 heterocycles. The van der Waals surface area contributed by atoms with Gasteiger partial charge in [-0.25, -0.2) is 4.57 Å². The molecule has 1 amide bonds. The van der Waals surface area contributed by atoms with Gasteiger partial charge in [0, 0.05) is 0 Å². The number of rotatable bonds is 43. The maximum Gasteiger partial charge on any atom is 0.472 e. The number of allylic oxidation sites excluding steroid dienone is 1. The predicted octanol–water partition coefficient (Wildman–Crippen LogP) is 9.37. The van der Waals surface area contributed by atoms with Crippen LogP contribution >= 0.6 is 7.82 Å². The molecule has 13 nitrogen and oxygen atoms in total. The van der Waals surface area contributed by atoms with Crippen molar-refractivity contribution in [2.75, 3.05) is 6.61 Å². The highest BCUT2D eigenvalue weighted by Gasteiger charge is 2.51. The molecule has 1 aliphatic carbocycles. The summed E-state index contributed by atoms with van der Waals surface area (Å²) in [6.07, 6.45) is 28.6. The number of aliphatic hydroxyl groups is 7. The number of phosphoric ester groups is 1. The average Bonchev–Trinajstić information content (AvgIpc) is 3.26. The number of nitrogens with one attached hydrogen (secondary N) is 1. The highest BCUT2D eigenvalue weighted by molar-refractivity contribution is 7.47. The van der Waals surface area contributed by atoms with Crippen LogP contribution in [0.3, 0.4) is 0 Å². The molecule has 374 valence electrons. The van der Waals surface area contributed by atoms with E-state index in [0.29, 0.717) is 12.8 Å². The Morgan fingerprint density at radius 1 is 0.556 bits per heavy atom. The highest BCUT2D eigenvalue weighted by Crippen LogP contribution is 2.47. The van der Waals surface area contributed by atoms with Crippen molar-refractivity contribution in [2.24, 2.45) is 0 Å². The lowest BCUT2D eigenvalue weighted by Crippen LogP contribution is -2.64. The fourth-order valence-corrected chi connectivity index (χ4v) is 9.39. The zero-order chi connectivity index (χ0) is 46.6. The topological polar surface area (TPSA) is 226 Å². The van der Waals surface area contributed by atoms with E-state index in [1.54, 1.807) is 6.08 Å². The Bertz CT molecular complexity index is 1130. The first-order valence-electron chi connectivity index (χ1n) is 25.7. The van der Waals surface area contributed by atoms with E-state index in [4.69, 9.17) is 9.05 Å². The Kier molecular flexibility index (Phi) is 37.3. The van der Waals surface area contributed by atoms with Gasteiger partial charge in [-0.3, -0.25) is 13.8 Å². The van der Waals surface area contributed by atoms with Crippen molar-refractivity contribution in [3.8, 4) is 0 Å². The van der Waals surface area contributed by atoms with Gasteiger partial charge in [-0.2, -0.15) is 0 Å². The quantitative estimate of drug-likeness (QED) is 0.0158. The Balaban J connectivity index is 2.48. The number of carbonyl (C=O) groups excluding carboxylic acids is 1. The summed E-state index contributed by atoms with van der Waals surface area (Å²) in [6.45, 7) is 3.77. The second kappa shape index (κ2) is 39.1. The lowest BCUT2D eigenvalue weighted by Gasteiger charge is -2.41. The molecule has 8 atom stereocenters. The third-order valence-electron chi connectivity index (χ3n) is 12.6. The van der Waals surface area contributed by atoms with Crippen LogP contribution < -0.4 is 5.32 Å². The van der Waals surface area contributed by atoms with Gasteiger partial charge in [-0.1, -0.05) is 219 Å². The molecule has 1 fully saturated rings. The maximum absolute atomic E-state index is 13.0. The molecule has 0 aromatic rings. The minimum Gasteiger partial charge on any atom is -0.393 e. The summed E-state index contributed by atoms with van der Waals surface area (Å²) in [7, 11) is -5.14. The largest absolute Gasteiger partial charge is 0.472 e. The number of hydrogen-bond acceptors (Lipinski definition) is 11. The number of amides is 1. The van der Waals surface area contributed by atoms with Crippen LogP contribution in [0.5, 0.6) is 0 Å². The SMILES string of the molecule is CCCCCCCCCCCCCCCC/C=C/C(O)C(COP(=O)(O)OC1C(O)C(O)C(O)C(O)C1O)NC(=O)CC(O)CCCCCCCCCCCCCCCCCCC. The van der Waals surface area contributed by atoms with Crippen LogP contribution in [0.1, 0.15) is 232 Å². The molecule has 0 saturated heterocycles. The standard InChI is InChI=1S/C49H96NO12P/c1-3-5-7-9-11-13-15-17-19-21-22-24-26-28-30-32-34-36-40(51)38-43(53)50-41(39-61-63(59,60)62-49-47(57)45(55)44(54)46(56)48(49)58)42(52)37-35-33-31-29-27-25-23-20-18-16-14-12-10-8-6-4-2/h35,37,40-42,44-49,51-52,54-58H,3-34,36,38-39H2,1-2H3,(H,50,53)(H,59,60)/b37-35+. The summed E-state index contributed by atoms with van der Waals surface area (Å²) in [5, 5.41) is 74.6. The van der Waals surface area contributed by atoms with Gasteiger partial charge in [0.25, 0.3) is 0 Å². The van der Waals surface area contributed by atoms with Gasteiger partial charge in [0.2, 0.25) is 5.91 Å². The van der Waals surface area contributed by atoms with Crippen LogP contribution in [-0.4, -0.2) is 108 Å². The van der Waals surface area contributed by atoms with Gasteiger partial charge in [0.15, 0.2) is 0 Å². The lowest BCUT2D eigenvalue weighted by molar-refractivity contribution is -0.220. The van der Waals surface area contributed by atoms with Crippen LogP contribution in [0.25, 0.3) is 0 Å². The molecular weight excluding hydrogens is 826 g/mol. The number of phosphoric acid groups is 1. The Morgan fingerprint density at radius 3 is 1.30 bits per heavy atom. The number of hydrogen-bond donors (Lipinski definition) is 9. The van der Waals surface area contributed by atoms with Gasteiger partial charge in [-0.15, -0.1) is 0 Å². The first-order chi connectivity index (χ1) is 30.3. The monoisotopic (exact) mass is 922 g/mol. The summed E-state index contributed by atoms with van der Waals surface area (Å²) in [4.78, 5) is 23.5. The Morgan fingerprint density at radius 2 is 0.905 bits per heavy atom. The Labute approximate surface area is 382 Å². The molecule has 0 aromatic carbocycles. The molecule has 0 spiro atoms. The van der Waals surface area contributed by atoms with Crippen molar-refractivity contribution in [2.45, 2.75) is 287 Å². The van der Waals surface area contributed by atoms with E-state index in [2.05, 4.69) is 19.2 Å². The molecular formula is C49H96NO12P. The van der Waals surface area contributed by atoms with Gasteiger partial charge < -0.3 is 46.0 Å². The summed E-state index contributed by atoms with van der Waals surface area (Å²) in [5.41, 5.74) is 0. The molecule has 1 rings (SSSR count). The number of carbonyl (C=O) groups is 1. The second-order valence-corrected chi connectivity index (χ2v) is 20.0. The normalized spacial score (nSPS) is 22.9. The van der Waals surface area contributed by atoms with Crippen molar-refractivity contribution < 1.29 is 59.0 Å². The van der Waals surface area contributed by atoms with Crippen molar-refractivity contribution in [3.63, 3.8) is 0 Å². The van der Waals surface area contributed by atoms with E-state index in [1.165, 1.54) is 160 Å². The van der Waals surface area contributed by atoms with E-state index in [-0.39, 0.29) is 6.42 Å². The average molecular weight is 922 g/mol. The molecule has 63 heavy (non-hydrogen) atoms. The maximum atomic E-state index is 13.0. The second-order valence-electron chi connectivity index (χ2n) is 18.6.